The van der Waals surface area contributed by atoms with Crippen molar-refractivity contribution in [1.82, 2.24) is 0 Å². The molecule has 0 N–H and O–H groups in total. The van der Waals surface area contributed by atoms with Crippen LogP contribution in [0.2, 0.25) is 0 Å². The molecule has 1 aromatic rings. The standard InChI is InChI=1S/C13H19NO/c1-13(2,3)10-14-9-11-6-5-7-12(8-11)15-4/h5-8,10H,9H2,1-4H3. The van der Waals surface area contributed by atoms with E-state index in [-0.39, 0.29) is 5.41 Å². The Labute approximate surface area is 92.0 Å². The Morgan fingerprint density at radius 3 is 2.67 bits per heavy atom. The van der Waals surface area contributed by atoms with Crippen molar-refractivity contribution < 1.29 is 4.74 Å². The van der Waals surface area contributed by atoms with Gasteiger partial charge in [-0.15, -0.1) is 0 Å². The molecule has 0 saturated heterocycles. The third kappa shape index (κ3) is 4.63. The lowest BCUT2D eigenvalue weighted by molar-refractivity contribution is 0.414. The molecule has 0 aliphatic rings. The summed E-state index contributed by atoms with van der Waals surface area (Å²) in [4.78, 5) is 4.41. The van der Waals surface area contributed by atoms with Crippen molar-refractivity contribution in [3.63, 3.8) is 0 Å². The molecule has 1 aromatic carbocycles. The second-order valence-corrected chi connectivity index (χ2v) is 4.69. The Hall–Kier alpha value is -1.31. The van der Waals surface area contributed by atoms with Crippen LogP contribution < -0.4 is 4.74 Å². The number of benzene rings is 1. The van der Waals surface area contributed by atoms with E-state index >= 15 is 0 Å². The van der Waals surface area contributed by atoms with E-state index in [1.165, 1.54) is 5.56 Å². The SMILES string of the molecule is COc1cccc(CN=CC(C)(C)C)c1. The molecule has 82 valence electrons. The van der Waals surface area contributed by atoms with Crippen LogP contribution in [-0.4, -0.2) is 13.3 Å². The predicted molar refractivity (Wildman–Crippen MR) is 64.6 cm³/mol. The first-order valence-corrected chi connectivity index (χ1v) is 5.15. The Balaban J connectivity index is 2.61. The largest absolute Gasteiger partial charge is 0.497 e. The molecule has 0 aromatic heterocycles. The summed E-state index contributed by atoms with van der Waals surface area (Å²) in [5.74, 6) is 0.887. The maximum absolute atomic E-state index is 5.15. The zero-order valence-electron chi connectivity index (χ0n) is 9.95. The van der Waals surface area contributed by atoms with Gasteiger partial charge in [-0.25, -0.2) is 0 Å². The van der Waals surface area contributed by atoms with Gasteiger partial charge in [-0.3, -0.25) is 4.99 Å². The van der Waals surface area contributed by atoms with Gasteiger partial charge in [-0.1, -0.05) is 32.9 Å². The van der Waals surface area contributed by atoms with Gasteiger partial charge in [0.05, 0.1) is 13.7 Å². The summed E-state index contributed by atoms with van der Waals surface area (Å²) >= 11 is 0. The van der Waals surface area contributed by atoms with Crippen LogP contribution in [0.15, 0.2) is 29.3 Å². The molecule has 15 heavy (non-hydrogen) atoms. The van der Waals surface area contributed by atoms with E-state index in [1.54, 1.807) is 7.11 Å². The number of methoxy groups -OCH3 is 1. The topological polar surface area (TPSA) is 21.6 Å². The lowest BCUT2D eigenvalue weighted by Crippen LogP contribution is -2.06. The summed E-state index contributed by atoms with van der Waals surface area (Å²) in [7, 11) is 1.68. The maximum Gasteiger partial charge on any atom is 0.119 e. The first kappa shape index (κ1) is 11.8. The van der Waals surface area contributed by atoms with E-state index in [4.69, 9.17) is 4.74 Å². The lowest BCUT2D eigenvalue weighted by Gasteiger charge is -2.10. The van der Waals surface area contributed by atoms with E-state index in [0.717, 1.165) is 5.75 Å². The van der Waals surface area contributed by atoms with Crippen molar-refractivity contribution in [3.8, 4) is 5.75 Å². The zero-order valence-corrected chi connectivity index (χ0v) is 9.95. The highest BCUT2D eigenvalue weighted by atomic mass is 16.5. The smallest absolute Gasteiger partial charge is 0.119 e. The van der Waals surface area contributed by atoms with E-state index in [1.807, 2.05) is 24.4 Å². The molecule has 0 heterocycles. The highest BCUT2D eigenvalue weighted by Crippen LogP contribution is 2.14. The normalized spacial score (nSPS) is 12.0. The summed E-state index contributed by atoms with van der Waals surface area (Å²) in [5.41, 5.74) is 1.33. The number of hydrogen-bond acceptors (Lipinski definition) is 2. The number of nitrogens with zero attached hydrogens (tertiary/aromatic N) is 1. The molecule has 0 atom stereocenters. The van der Waals surface area contributed by atoms with E-state index in [0.29, 0.717) is 6.54 Å². The minimum Gasteiger partial charge on any atom is -0.497 e. The monoisotopic (exact) mass is 205 g/mol. The fraction of sp³-hybridized carbons (Fsp3) is 0.462. The van der Waals surface area contributed by atoms with E-state index in [2.05, 4.69) is 31.8 Å². The van der Waals surface area contributed by atoms with Crippen LogP contribution in [0, 0.1) is 5.41 Å². The van der Waals surface area contributed by atoms with Crippen molar-refractivity contribution in [3.05, 3.63) is 29.8 Å². The van der Waals surface area contributed by atoms with Crippen molar-refractivity contribution in [2.45, 2.75) is 27.3 Å². The lowest BCUT2D eigenvalue weighted by atomic mass is 9.99. The van der Waals surface area contributed by atoms with E-state index in [9.17, 15) is 0 Å². The van der Waals surface area contributed by atoms with Crippen LogP contribution in [0.4, 0.5) is 0 Å². The highest BCUT2D eigenvalue weighted by molar-refractivity contribution is 5.63. The zero-order chi connectivity index (χ0) is 11.3. The van der Waals surface area contributed by atoms with Gasteiger partial charge in [0.2, 0.25) is 0 Å². The quantitative estimate of drug-likeness (QED) is 0.694. The van der Waals surface area contributed by atoms with Gasteiger partial charge < -0.3 is 4.74 Å². The number of aliphatic imine (C=N–C) groups is 1. The van der Waals surface area contributed by atoms with Gasteiger partial charge in [-0.2, -0.15) is 0 Å². The van der Waals surface area contributed by atoms with Crippen molar-refractivity contribution in [1.29, 1.82) is 0 Å². The summed E-state index contributed by atoms with van der Waals surface area (Å²) in [6, 6.07) is 8.00. The molecule has 0 aliphatic carbocycles. The van der Waals surface area contributed by atoms with Crippen molar-refractivity contribution >= 4 is 6.21 Å². The molecule has 0 amide bonds. The molecular weight excluding hydrogens is 186 g/mol. The summed E-state index contributed by atoms with van der Waals surface area (Å²) in [5, 5.41) is 0. The number of hydrogen-bond donors (Lipinski definition) is 0. The van der Waals surface area contributed by atoms with Gasteiger partial charge in [0.15, 0.2) is 0 Å². The molecule has 2 heteroatoms. The fourth-order valence-corrected chi connectivity index (χ4v) is 1.20. The fourth-order valence-electron chi connectivity index (χ4n) is 1.20. The van der Waals surface area contributed by atoms with Gasteiger partial charge >= 0.3 is 0 Å². The van der Waals surface area contributed by atoms with Crippen molar-refractivity contribution in [2.24, 2.45) is 10.4 Å². The minimum absolute atomic E-state index is 0.152. The molecular formula is C13H19NO. The molecule has 0 aliphatic heterocycles. The molecule has 0 spiro atoms. The Morgan fingerprint density at radius 1 is 1.33 bits per heavy atom. The molecule has 0 bridgehead atoms. The van der Waals surface area contributed by atoms with Gasteiger partial charge in [0.25, 0.3) is 0 Å². The van der Waals surface area contributed by atoms with E-state index < -0.39 is 0 Å². The second kappa shape index (κ2) is 4.96. The number of rotatable bonds is 3. The first-order chi connectivity index (χ1) is 7.01. The summed E-state index contributed by atoms with van der Waals surface area (Å²) in [6.45, 7) is 7.14. The maximum atomic E-state index is 5.15. The van der Waals surface area contributed by atoms with Crippen LogP contribution in [0.25, 0.3) is 0 Å². The molecule has 1 rings (SSSR count). The Kier molecular flexibility index (Phi) is 3.89. The average molecular weight is 205 g/mol. The first-order valence-electron chi connectivity index (χ1n) is 5.15. The molecule has 2 nitrogen and oxygen atoms in total. The predicted octanol–water partition coefficient (Wildman–Crippen LogP) is 3.31. The van der Waals surface area contributed by atoms with Gasteiger partial charge in [0.1, 0.15) is 5.75 Å². The van der Waals surface area contributed by atoms with Gasteiger partial charge in [0, 0.05) is 6.21 Å². The number of ether oxygens (including phenoxy) is 1. The molecule has 0 saturated carbocycles. The van der Waals surface area contributed by atoms with Crippen LogP contribution >= 0.6 is 0 Å². The van der Waals surface area contributed by atoms with Crippen LogP contribution in [0.3, 0.4) is 0 Å². The summed E-state index contributed by atoms with van der Waals surface area (Å²) in [6.07, 6.45) is 1.99. The summed E-state index contributed by atoms with van der Waals surface area (Å²) < 4.78 is 5.15. The van der Waals surface area contributed by atoms with Crippen LogP contribution in [-0.2, 0) is 6.54 Å². The van der Waals surface area contributed by atoms with Gasteiger partial charge in [-0.05, 0) is 23.1 Å². The molecule has 0 radical (unpaired) electrons. The third-order valence-corrected chi connectivity index (χ3v) is 1.89. The minimum atomic E-state index is 0.152. The van der Waals surface area contributed by atoms with Crippen molar-refractivity contribution in [2.75, 3.05) is 7.11 Å². The molecule has 0 unspecified atom stereocenters. The second-order valence-electron chi connectivity index (χ2n) is 4.69. The Morgan fingerprint density at radius 2 is 2.07 bits per heavy atom. The third-order valence-electron chi connectivity index (χ3n) is 1.89. The van der Waals surface area contributed by atoms with Crippen LogP contribution in [0.1, 0.15) is 26.3 Å². The Bertz CT molecular complexity index is 337. The molecule has 0 fully saturated rings. The average Bonchev–Trinajstić information content (AvgIpc) is 2.16. The van der Waals surface area contributed by atoms with Crippen LogP contribution in [0.5, 0.6) is 5.75 Å². The highest BCUT2D eigenvalue weighted by Gasteiger charge is 2.04.